The minimum absolute atomic E-state index is 1.16. The monoisotopic (exact) mass is 130 g/mol. The Balaban J connectivity index is 2.96. The minimum atomic E-state index is 1.16. The molecule has 10 heavy (non-hydrogen) atoms. The zero-order valence-electron chi connectivity index (χ0n) is 6.72. The number of hydrogen-bond acceptors (Lipinski definition) is 0. The van der Waals surface area contributed by atoms with Crippen LogP contribution in [0.15, 0.2) is 24.3 Å². The Bertz CT molecular complexity index is 185. The summed E-state index contributed by atoms with van der Waals surface area (Å²) in [6, 6.07) is 8.63. The van der Waals surface area contributed by atoms with Gasteiger partial charge in [-0.3, -0.25) is 0 Å². The van der Waals surface area contributed by atoms with Crippen LogP contribution in [-0.4, -0.2) is 15.7 Å². The summed E-state index contributed by atoms with van der Waals surface area (Å²) in [4.78, 5) is 0. The lowest BCUT2D eigenvalue weighted by Gasteiger charge is -2.02. The molecule has 0 unspecified atom stereocenters. The molecule has 0 amide bonds. The molecule has 0 aliphatic carbocycles. The first-order chi connectivity index (χ1) is 4.88. The molecular formula is C8H12B2. The van der Waals surface area contributed by atoms with Crippen molar-refractivity contribution in [2.24, 2.45) is 0 Å². The van der Waals surface area contributed by atoms with Crippen molar-refractivity contribution in [1.29, 1.82) is 0 Å². The molecule has 0 atom stereocenters. The first-order valence-electron chi connectivity index (χ1n) is 3.95. The maximum Gasteiger partial charge on any atom is 0.107 e. The van der Waals surface area contributed by atoms with Gasteiger partial charge in [-0.1, -0.05) is 48.0 Å². The van der Waals surface area contributed by atoms with Crippen molar-refractivity contribution in [2.45, 2.75) is 12.6 Å². The van der Waals surface area contributed by atoms with Crippen LogP contribution < -0.4 is 0 Å². The molecule has 1 rings (SSSR count). The summed E-state index contributed by atoms with van der Waals surface area (Å²) in [7, 11) is 4.41. The summed E-state index contributed by atoms with van der Waals surface area (Å²) < 4.78 is 0. The van der Waals surface area contributed by atoms with Crippen molar-refractivity contribution in [1.82, 2.24) is 0 Å². The molecule has 0 nitrogen and oxygen atoms in total. The van der Waals surface area contributed by atoms with E-state index in [1.165, 1.54) is 11.1 Å². The average Bonchev–Trinajstić information content (AvgIpc) is 2.04. The molecule has 0 N–H and O–H groups in total. The van der Waals surface area contributed by atoms with Gasteiger partial charge in [-0.05, 0) is 0 Å². The van der Waals surface area contributed by atoms with E-state index < -0.39 is 0 Å². The first kappa shape index (κ1) is 7.46. The number of benzene rings is 1. The van der Waals surface area contributed by atoms with E-state index in [1.807, 2.05) is 0 Å². The largest absolute Gasteiger partial charge is 0.107 e. The third kappa shape index (κ3) is 1.44. The minimum Gasteiger partial charge on any atom is -0.0620 e. The SMILES string of the molecule is BCc1ccccc1CB. The normalized spacial score (nSPS) is 9.60. The van der Waals surface area contributed by atoms with Crippen LogP contribution >= 0.6 is 0 Å². The van der Waals surface area contributed by atoms with Gasteiger partial charge in [0.25, 0.3) is 0 Å². The molecule has 0 aliphatic heterocycles. The molecule has 0 saturated heterocycles. The van der Waals surface area contributed by atoms with Gasteiger partial charge in [0.05, 0.1) is 0 Å². The fraction of sp³-hybridized carbons (Fsp3) is 0.250. The summed E-state index contributed by atoms with van der Waals surface area (Å²) >= 11 is 0. The Hall–Kier alpha value is -0.650. The van der Waals surface area contributed by atoms with E-state index in [1.54, 1.807) is 0 Å². The van der Waals surface area contributed by atoms with Crippen LogP contribution in [-0.2, 0) is 12.6 Å². The topological polar surface area (TPSA) is 0 Å². The summed E-state index contributed by atoms with van der Waals surface area (Å²) in [5.74, 6) is 0. The van der Waals surface area contributed by atoms with E-state index in [0.717, 1.165) is 12.6 Å². The molecule has 0 fully saturated rings. The van der Waals surface area contributed by atoms with E-state index >= 15 is 0 Å². The molecule has 0 radical (unpaired) electrons. The number of hydrogen-bond donors (Lipinski definition) is 0. The van der Waals surface area contributed by atoms with Crippen molar-refractivity contribution in [3.05, 3.63) is 35.4 Å². The summed E-state index contributed by atoms with van der Waals surface area (Å²) in [6.45, 7) is 0. The maximum absolute atomic E-state index is 2.21. The standard InChI is InChI=1S/C8H12B2/c9-5-7-3-1-2-4-8(7)6-10/h1-4H,5-6,9-10H2. The third-order valence-electron chi connectivity index (χ3n) is 1.88. The highest BCUT2D eigenvalue weighted by Gasteiger charge is 1.93. The Morgan fingerprint density at radius 1 is 0.900 bits per heavy atom. The summed E-state index contributed by atoms with van der Waals surface area (Å²) in [6.07, 6.45) is 2.31. The maximum atomic E-state index is 2.21. The number of rotatable bonds is 2. The van der Waals surface area contributed by atoms with Gasteiger partial charge in [-0.25, -0.2) is 0 Å². The predicted molar refractivity (Wildman–Crippen MR) is 50.9 cm³/mol. The highest BCUT2D eigenvalue weighted by atomic mass is 14.0. The molecule has 1 aromatic carbocycles. The molecule has 0 spiro atoms. The van der Waals surface area contributed by atoms with E-state index in [9.17, 15) is 0 Å². The summed E-state index contributed by atoms with van der Waals surface area (Å²) in [5, 5.41) is 0. The zero-order chi connectivity index (χ0) is 7.40. The lowest BCUT2D eigenvalue weighted by Crippen LogP contribution is -1.92. The molecule has 2 heteroatoms. The van der Waals surface area contributed by atoms with Crippen LogP contribution in [0.4, 0.5) is 0 Å². The second-order valence-electron chi connectivity index (χ2n) is 2.48. The van der Waals surface area contributed by atoms with Gasteiger partial charge in [-0.2, -0.15) is 0 Å². The molecule has 0 heterocycles. The van der Waals surface area contributed by atoms with E-state index in [0.29, 0.717) is 0 Å². The molecule has 0 aliphatic rings. The second-order valence-corrected chi connectivity index (χ2v) is 2.48. The van der Waals surface area contributed by atoms with Crippen LogP contribution in [0.25, 0.3) is 0 Å². The lowest BCUT2D eigenvalue weighted by atomic mass is 9.87. The predicted octanol–water partition coefficient (Wildman–Crippen LogP) is -0.0472. The van der Waals surface area contributed by atoms with Crippen LogP contribution in [0.5, 0.6) is 0 Å². The van der Waals surface area contributed by atoms with Gasteiger partial charge < -0.3 is 0 Å². The van der Waals surface area contributed by atoms with Crippen molar-refractivity contribution in [3.63, 3.8) is 0 Å². The first-order valence-corrected chi connectivity index (χ1v) is 3.95. The van der Waals surface area contributed by atoms with Gasteiger partial charge in [0.15, 0.2) is 0 Å². The van der Waals surface area contributed by atoms with E-state index in [4.69, 9.17) is 0 Å². The quantitative estimate of drug-likeness (QED) is 0.492. The third-order valence-corrected chi connectivity index (χ3v) is 1.88. The second kappa shape index (κ2) is 3.50. The average molecular weight is 130 g/mol. The van der Waals surface area contributed by atoms with Gasteiger partial charge >= 0.3 is 0 Å². The van der Waals surface area contributed by atoms with Crippen LogP contribution in [0.1, 0.15) is 11.1 Å². The van der Waals surface area contributed by atoms with Crippen molar-refractivity contribution < 1.29 is 0 Å². The van der Waals surface area contributed by atoms with Crippen molar-refractivity contribution in [3.8, 4) is 0 Å². The Morgan fingerprint density at radius 2 is 1.30 bits per heavy atom. The highest BCUT2D eigenvalue weighted by Crippen LogP contribution is 2.06. The van der Waals surface area contributed by atoms with E-state index in [2.05, 4.69) is 40.0 Å². The zero-order valence-corrected chi connectivity index (χ0v) is 6.72. The van der Waals surface area contributed by atoms with Gasteiger partial charge in [0.2, 0.25) is 0 Å². The fourth-order valence-electron chi connectivity index (χ4n) is 1.25. The Labute approximate surface area is 64.5 Å². The van der Waals surface area contributed by atoms with Crippen molar-refractivity contribution >= 4 is 15.7 Å². The lowest BCUT2D eigenvalue weighted by molar-refractivity contribution is 1.27. The fourth-order valence-corrected chi connectivity index (χ4v) is 1.25. The molecule has 0 bridgehead atoms. The molecule has 50 valence electrons. The molecule has 1 aromatic rings. The molecule has 0 aromatic heterocycles. The van der Waals surface area contributed by atoms with Crippen molar-refractivity contribution in [2.75, 3.05) is 0 Å². The Kier molecular flexibility index (Phi) is 2.61. The molecular weight excluding hydrogens is 118 g/mol. The molecule has 0 saturated carbocycles. The van der Waals surface area contributed by atoms with Crippen LogP contribution in [0.3, 0.4) is 0 Å². The van der Waals surface area contributed by atoms with Gasteiger partial charge in [0.1, 0.15) is 15.7 Å². The van der Waals surface area contributed by atoms with Gasteiger partial charge in [-0.15, -0.1) is 0 Å². The van der Waals surface area contributed by atoms with Crippen LogP contribution in [0.2, 0.25) is 0 Å². The van der Waals surface area contributed by atoms with E-state index in [-0.39, 0.29) is 0 Å². The Morgan fingerprint density at radius 3 is 1.60 bits per heavy atom. The summed E-state index contributed by atoms with van der Waals surface area (Å²) in [5.41, 5.74) is 2.98. The smallest absolute Gasteiger partial charge is 0.0620 e. The van der Waals surface area contributed by atoms with Crippen LogP contribution in [0, 0.1) is 0 Å². The highest BCUT2D eigenvalue weighted by molar-refractivity contribution is 6.10. The van der Waals surface area contributed by atoms with Gasteiger partial charge in [0, 0.05) is 0 Å².